The minimum absolute atomic E-state index is 0.0945. The van der Waals surface area contributed by atoms with Crippen LogP contribution in [0.5, 0.6) is 0 Å². The smallest absolute Gasteiger partial charge is 0.272 e. The molecule has 1 N–H and O–H groups in total. The molecule has 0 aliphatic rings. The number of rotatable bonds is 6. The number of aryl methyl sites for hydroxylation is 1. The molecule has 0 saturated carbocycles. The summed E-state index contributed by atoms with van der Waals surface area (Å²) in [6, 6.07) is 22.1. The van der Waals surface area contributed by atoms with Crippen LogP contribution in [0.1, 0.15) is 16.1 Å². The van der Waals surface area contributed by atoms with Gasteiger partial charge >= 0.3 is 0 Å². The van der Waals surface area contributed by atoms with E-state index in [9.17, 15) is 9.59 Å². The van der Waals surface area contributed by atoms with E-state index in [1.165, 1.54) is 4.90 Å². The lowest BCUT2D eigenvalue weighted by Gasteiger charge is -2.17. The monoisotopic (exact) mass is 414 g/mol. The summed E-state index contributed by atoms with van der Waals surface area (Å²) >= 11 is 0. The van der Waals surface area contributed by atoms with Gasteiger partial charge in [0, 0.05) is 18.8 Å². The third-order valence-electron chi connectivity index (χ3n) is 4.77. The van der Waals surface area contributed by atoms with Crippen molar-refractivity contribution in [2.24, 2.45) is 0 Å². The molecule has 2 aromatic heterocycles. The Kier molecular flexibility index (Phi) is 5.66. The van der Waals surface area contributed by atoms with Gasteiger partial charge in [-0.05, 0) is 43.3 Å². The maximum absolute atomic E-state index is 13.2. The number of likely N-dealkylation sites (N-methyl/N-ethyl adjacent to an activating group) is 1. The first-order valence-electron chi connectivity index (χ1n) is 9.82. The Morgan fingerprint density at radius 3 is 2.45 bits per heavy atom. The zero-order valence-electron chi connectivity index (χ0n) is 17.3. The molecule has 2 aromatic carbocycles. The number of carbonyl (C=O) groups is 2. The van der Waals surface area contributed by atoms with Crippen molar-refractivity contribution < 1.29 is 14.0 Å². The Morgan fingerprint density at radius 2 is 1.77 bits per heavy atom. The summed E-state index contributed by atoms with van der Waals surface area (Å²) in [5.74, 6) is -0.0477. The van der Waals surface area contributed by atoms with Crippen LogP contribution in [-0.4, -0.2) is 40.1 Å². The molecule has 0 aliphatic heterocycles. The predicted octanol–water partition coefficient (Wildman–Crippen LogP) is 4.15. The van der Waals surface area contributed by atoms with Gasteiger partial charge in [0.15, 0.2) is 5.76 Å². The fourth-order valence-corrected chi connectivity index (χ4v) is 3.16. The molecule has 4 rings (SSSR count). The fraction of sp³-hybridized carbons (Fsp3) is 0.125. The van der Waals surface area contributed by atoms with Crippen LogP contribution in [0.25, 0.3) is 17.1 Å². The highest BCUT2D eigenvalue weighted by molar-refractivity contribution is 5.99. The van der Waals surface area contributed by atoms with E-state index in [1.54, 1.807) is 36.2 Å². The van der Waals surface area contributed by atoms with Gasteiger partial charge in [0.1, 0.15) is 11.4 Å². The van der Waals surface area contributed by atoms with Gasteiger partial charge in [-0.15, -0.1) is 0 Å². The molecule has 2 amide bonds. The Hall–Kier alpha value is -4.13. The Labute approximate surface area is 179 Å². The van der Waals surface area contributed by atoms with Crippen LogP contribution in [0, 0.1) is 6.92 Å². The number of nitrogens with zero attached hydrogens (tertiary/aromatic N) is 3. The summed E-state index contributed by atoms with van der Waals surface area (Å²) in [5.41, 5.74) is 3.40. The summed E-state index contributed by atoms with van der Waals surface area (Å²) in [7, 11) is 1.59. The second-order valence-electron chi connectivity index (χ2n) is 7.21. The first-order chi connectivity index (χ1) is 15.0. The number of hydrogen-bond donors (Lipinski definition) is 1. The minimum atomic E-state index is -0.326. The van der Waals surface area contributed by atoms with Gasteiger partial charge in [-0.3, -0.25) is 9.59 Å². The molecule has 0 radical (unpaired) electrons. The number of amides is 2. The topological polar surface area (TPSA) is 80.4 Å². The van der Waals surface area contributed by atoms with E-state index in [2.05, 4.69) is 10.4 Å². The molecule has 0 bridgehead atoms. The van der Waals surface area contributed by atoms with Crippen molar-refractivity contribution in [2.45, 2.75) is 6.92 Å². The molecule has 0 aliphatic carbocycles. The van der Waals surface area contributed by atoms with Gasteiger partial charge in [-0.1, -0.05) is 35.9 Å². The molecule has 7 nitrogen and oxygen atoms in total. The molecule has 0 atom stereocenters. The van der Waals surface area contributed by atoms with Crippen molar-refractivity contribution in [3.05, 3.63) is 90.3 Å². The first kappa shape index (κ1) is 20.2. The van der Waals surface area contributed by atoms with Gasteiger partial charge in [-0.25, -0.2) is 4.68 Å². The van der Waals surface area contributed by atoms with Crippen LogP contribution >= 0.6 is 0 Å². The SMILES string of the molecule is Cc1ccc(NC(=O)CN(C)C(=O)c2cc(-c3ccco3)nn2-c2ccccc2)cc1. The zero-order valence-corrected chi connectivity index (χ0v) is 17.3. The van der Waals surface area contributed by atoms with Crippen molar-refractivity contribution >= 4 is 17.5 Å². The minimum Gasteiger partial charge on any atom is -0.463 e. The molecule has 156 valence electrons. The number of furan rings is 1. The largest absolute Gasteiger partial charge is 0.463 e. The molecule has 31 heavy (non-hydrogen) atoms. The lowest BCUT2D eigenvalue weighted by atomic mass is 10.2. The number of nitrogens with one attached hydrogen (secondary N) is 1. The van der Waals surface area contributed by atoms with E-state index in [0.29, 0.717) is 22.8 Å². The van der Waals surface area contributed by atoms with E-state index in [4.69, 9.17) is 4.42 Å². The molecular weight excluding hydrogens is 392 g/mol. The van der Waals surface area contributed by atoms with Crippen molar-refractivity contribution in [2.75, 3.05) is 18.9 Å². The first-order valence-corrected chi connectivity index (χ1v) is 9.82. The third-order valence-corrected chi connectivity index (χ3v) is 4.77. The van der Waals surface area contributed by atoms with E-state index in [0.717, 1.165) is 11.3 Å². The average Bonchev–Trinajstić information content (AvgIpc) is 3.45. The second kappa shape index (κ2) is 8.71. The number of benzene rings is 2. The fourth-order valence-electron chi connectivity index (χ4n) is 3.16. The quantitative estimate of drug-likeness (QED) is 0.514. The highest BCUT2D eigenvalue weighted by Gasteiger charge is 2.23. The average molecular weight is 414 g/mol. The van der Waals surface area contributed by atoms with Crippen LogP contribution in [0.3, 0.4) is 0 Å². The maximum atomic E-state index is 13.2. The third kappa shape index (κ3) is 4.56. The summed E-state index contributed by atoms with van der Waals surface area (Å²) < 4.78 is 7.00. The van der Waals surface area contributed by atoms with E-state index < -0.39 is 0 Å². The Morgan fingerprint density at radius 1 is 1.03 bits per heavy atom. The molecular formula is C24H22N4O3. The summed E-state index contributed by atoms with van der Waals surface area (Å²) in [6.45, 7) is 1.88. The normalized spacial score (nSPS) is 10.6. The van der Waals surface area contributed by atoms with Crippen molar-refractivity contribution in [1.82, 2.24) is 14.7 Å². The Bertz CT molecular complexity index is 1180. The number of anilines is 1. The van der Waals surface area contributed by atoms with Crippen molar-refractivity contribution in [3.63, 3.8) is 0 Å². The van der Waals surface area contributed by atoms with E-state index >= 15 is 0 Å². The van der Waals surface area contributed by atoms with Gasteiger partial charge in [0.2, 0.25) is 5.91 Å². The number of carbonyl (C=O) groups excluding carboxylic acids is 2. The number of aromatic nitrogens is 2. The van der Waals surface area contributed by atoms with Crippen molar-refractivity contribution in [1.29, 1.82) is 0 Å². The molecule has 7 heteroatoms. The molecule has 0 fully saturated rings. The van der Waals surface area contributed by atoms with E-state index in [1.807, 2.05) is 61.5 Å². The molecule has 0 spiro atoms. The number of para-hydroxylation sites is 1. The van der Waals surface area contributed by atoms with Gasteiger partial charge in [0.25, 0.3) is 5.91 Å². The maximum Gasteiger partial charge on any atom is 0.272 e. The van der Waals surface area contributed by atoms with Crippen LogP contribution < -0.4 is 5.32 Å². The summed E-state index contributed by atoms with van der Waals surface area (Å²) in [4.78, 5) is 27.0. The van der Waals surface area contributed by atoms with Crippen LogP contribution in [0.4, 0.5) is 5.69 Å². The lowest BCUT2D eigenvalue weighted by Crippen LogP contribution is -2.35. The second-order valence-corrected chi connectivity index (χ2v) is 7.21. The van der Waals surface area contributed by atoms with Crippen LogP contribution in [0.15, 0.2) is 83.5 Å². The van der Waals surface area contributed by atoms with E-state index in [-0.39, 0.29) is 18.4 Å². The van der Waals surface area contributed by atoms with Gasteiger partial charge in [-0.2, -0.15) is 5.10 Å². The molecule has 0 unspecified atom stereocenters. The molecule has 2 heterocycles. The predicted molar refractivity (Wildman–Crippen MR) is 118 cm³/mol. The van der Waals surface area contributed by atoms with Crippen molar-refractivity contribution in [3.8, 4) is 17.1 Å². The highest BCUT2D eigenvalue weighted by Crippen LogP contribution is 2.23. The zero-order chi connectivity index (χ0) is 21.8. The highest BCUT2D eigenvalue weighted by atomic mass is 16.3. The Balaban J connectivity index is 1.56. The number of hydrogen-bond acceptors (Lipinski definition) is 4. The van der Waals surface area contributed by atoms with Gasteiger partial charge in [0.05, 0.1) is 18.5 Å². The summed E-state index contributed by atoms with van der Waals surface area (Å²) in [5, 5.41) is 7.37. The van der Waals surface area contributed by atoms with Crippen LogP contribution in [-0.2, 0) is 4.79 Å². The standard InChI is InChI=1S/C24H22N4O3/c1-17-10-12-18(13-11-17)25-23(29)16-27(2)24(30)21-15-20(22-9-6-14-31-22)26-28(21)19-7-4-3-5-8-19/h3-15H,16H2,1-2H3,(H,25,29). The van der Waals surface area contributed by atoms with Gasteiger partial charge < -0.3 is 14.6 Å². The molecule has 0 saturated heterocycles. The summed E-state index contributed by atoms with van der Waals surface area (Å²) in [6.07, 6.45) is 1.56. The molecule has 4 aromatic rings. The lowest BCUT2D eigenvalue weighted by molar-refractivity contribution is -0.116. The van der Waals surface area contributed by atoms with Crippen LogP contribution in [0.2, 0.25) is 0 Å².